The first-order valence-corrected chi connectivity index (χ1v) is 9.14. The van der Waals surface area contributed by atoms with Crippen molar-refractivity contribution in [3.8, 4) is 11.5 Å². The Morgan fingerprint density at radius 2 is 2.04 bits per heavy atom. The lowest BCUT2D eigenvalue weighted by molar-refractivity contribution is 0.254. The van der Waals surface area contributed by atoms with Gasteiger partial charge in [-0.25, -0.2) is 5.01 Å². The van der Waals surface area contributed by atoms with Gasteiger partial charge in [-0.05, 0) is 35.9 Å². The highest BCUT2D eigenvalue weighted by Gasteiger charge is 2.31. The van der Waals surface area contributed by atoms with Gasteiger partial charge in [0, 0.05) is 5.56 Å². The number of aliphatic hydroxyl groups excluding tert-OH is 1. The smallest absolute Gasteiger partial charge is 0.285 e. The molecule has 136 valence electrons. The Morgan fingerprint density at radius 3 is 2.77 bits per heavy atom. The van der Waals surface area contributed by atoms with Crippen molar-refractivity contribution < 1.29 is 23.4 Å². The molecule has 0 bridgehead atoms. The third kappa shape index (κ3) is 3.39. The fraction of sp³-hybridized carbons (Fsp3) is 0.176. The molecule has 0 atom stereocenters. The zero-order chi connectivity index (χ0) is 18.7. The molecule has 0 saturated heterocycles. The number of benzene rings is 2. The number of hydrazone groups is 1. The molecule has 8 nitrogen and oxygen atoms in total. The van der Waals surface area contributed by atoms with Gasteiger partial charge in [0.05, 0.1) is 26.5 Å². The Balaban J connectivity index is 1.96. The largest absolute Gasteiger partial charge is 0.504 e. The van der Waals surface area contributed by atoms with Crippen LogP contribution >= 0.6 is 0 Å². The van der Waals surface area contributed by atoms with E-state index < -0.39 is 10.0 Å². The predicted octanol–water partition coefficient (Wildman–Crippen LogP) is 1.18. The summed E-state index contributed by atoms with van der Waals surface area (Å²) >= 11 is 0. The summed E-state index contributed by atoms with van der Waals surface area (Å²) in [5, 5.41) is 24.5. The molecule has 2 aromatic carbocycles. The Hall–Kier alpha value is -2.91. The highest BCUT2D eigenvalue weighted by atomic mass is 32.2. The lowest BCUT2D eigenvalue weighted by Crippen LogP contribution is -2.28. The molecule has 1 heterocycles. The SMILES string of the molecule is COc1cc(C=NN(CCO)C2=NS(=O)(=O)c3ccccc32)ccc1O. The van der Waals surface area contributed by atoms with Gasteiger partial charge in [0.2, 0.25) is 0 Å². The summed E-state index contributed by atoms with van der Waals surface area (Å²) < 4.78 is 33.2. The summed E-state index contributed by atoms with van der Waals surface area (Å²) in [5.74, 6) is 0.433. The quantitative estimate of drug-likeness (QED) is 0.599. The predicted molar refractivity (Wildman–Crippen MR) is 96.2 cm³/mol. The van der Waals surface area contributed by atoms with Crippen LogP contribution in [0, 0.1) is 0 Å². The molecular weight excluding hydrogens is 358 g/mol. The molecule has 26 heavy (non-hydrogen) atoms. The van der Waals surface area contributed by atoms with E-state index in [9.17, 15) is 18.6 Å². The zero-order valence-electron chi connectivity index (χ0n) is 13.9. The standard InChI is InChI=1S/C17H17N3O5S/c1-25-15-10-12(6-7-14(15)22)11-18-20(8-9-21)17-13-4-2-3-5-16(13)26(23,24)19-17/h2-7,10-11,21-22H,8-9H2,1H3. The van der Waals surface area contributed by atoms with Crippen molar-refractivity contribution in [2.75, 3.05) is 20.3 Å². The van der Waals surface area contributed by atoms with Gasteiger partial charge in [0.25, 0.3) is 10.0 Å². The Bertz CT molecular complexity index is 986. The summed E-state index contributed by atoms with van der Waals surface area (Å²) in [5.41, 5.74) is 1.05. The number of ether oxygens (including phenoxy) is 1. The van der Waals surface area contributed by atoms with Crippen molar-refractivity contribution in [1.29, 1.82) is 0 Å². The summed E-state index contributed by atoms with van der Waals surface area (Å²) in [6.45, 7) is -0.175. The topological polar surface area (TPSA) is 112 Å². The van der Waals surface area contributed by atoms with Gasteiger partial charge in [0.1, 0.15) is 4.90 Å². The van der Waals surface area contributed by atoms with Crippen LogP contribution in [0.15, 0.2) is 56.9 Å². The number of methoxy groups -OCH3 is 1. The minimum Gasteiger partial charge on any atom is -0.504 e. The van der Waals surface area contributed by atoms with Crippen LogP contribution in [0.5, 0.6) is 11.5 Å². The normalized spacial score (nSPS) is 14.9. The van der Waals surface area contributed by atoms with Crippen LogP contribution < -0.4 is 4.74 Å². The van der Waals surface area contributed by atoms with E-state index in [2.05, 4.69) is 9.50 Å². The second kappa shape index (κ2) is 7.14. The molecule has 0 amide bonds. The molecule has 1 aliphatic rings. The molecule has 2 aromatic rings. The van der Waals surface area contributed by atoms with Gasteiger partial charge < -0.3 is 14.9 Å². The number of amidine groups is 1. The van der Waals surface area contributed by atoms with E-state index >= 15 is 0 Å². The van der Waals surface area contributed by atoms with E-state index in [1.807, 2.05) is 0 Å². The van der Waals surface area contributed by atoms with E-state index in [1.165, 1.54) is 30.5 Å². The molecule has 0 spiro atoms. The molecule has 0 aromatic heterocycles. The average molecular weight is 375 g/mol. The lowest BCUT2D eigenvalue weighted by Gasteiger charge is -2.17. The highest BCUT2D eigenvalue weighted by Crippen LogP contribution is 2.28. The number of hydrogen-bond acceptors (Lipinski definition) is 7. The number of rotatable bonds is 5. The minimum atomic E-state index is -3.78. The number of aliphatic hydroxyl groups is 1. The van der Waals surface area contributed by atoms with Crippen molar-refractivity contribution in [3.63, 3.8) is 0 Å². The maximum absolute atomic E-state index is 12.2. The van der Waals surface area contributed by atoms with Crippen molar-refractivity contribution >= 4 is 22.1 Å². The number of hydrogen-bond donors (Lipinski definition) is 2. The first-order chi connectivity index (χ1) is 12.5. The van der Waals surface area contributed by atoms with Crippen molar-refractivity contribution in [2.24, 2.45) is 9.50 Å². The Labute approximate surface area is 150 Å². The van der Waals surface area contributed by atoms with Gasteiger partial charge in [-0.2, -0.15) is 13.5 Å². The zero-order valence-corrected chi connectivity index (χ0v) is 14.7. The van der Waals surface area contributed by atoms with E-state index in [0.29, 0.717) is 11.1 Å². The van der Waals surface area contributed by atoms with Crippen LogP contribution in [0.2, 0.25) is 0 Å². The van der Waals surface area contributed by atoms with Crippen LogP contribution in [-0.2, 0) is 10.0 Å². The molecule has 0 unspecified atom stereocenters. The Kier molecular flexibility index (Phi) is 4.92. The molecule has 0 radical (unpaired) electrons. The third-order valence-corrected chi connectivity index (χ3v) is 5.04. The number of sulfonamides is 1. The molecule has 0 aliphatic carbocycles. The van der Waals surface area contributed by atoms with E-state index in [1.54, 1.807) is 30.3 Å². The van der Waals surface area contributed by atoms with Crippen LogP contribution in [0.1, 0.15) is 11.1 Å². The molecular formula is C17H17N3O5S. The van der Waals surface area contributed by atoms with Crippen LogP contribution in [0.25, 0.3) is 0 Å². The number of phenolic OH excluding ortho intramolecular Hbond substituents is 1. The maximum atomic E-state index is 12.2. The first-order valence-electron chi connectivity index (χ1n) is 7.70. The number of nitrogens with zero attached hydrogens (tertiary/aromatic N) is 3. The molecule has 0 saturated carbocycles. The van der Waals surface area contributed by atoms with Crippen molar-refractivity contribution in [2.45, 2.75) is 4.90 Å². The average Bonchev–Trinajstić information content (AvgIpc) is 2.91. The van der Waals surface area contributed by atoms with Crippen LogP contribution in [0.4, 0.5) is 0 Å². The van der Waals surface area contributed by atoms with Gasteiger partial charge >= 0.3 is 0 Å². The molecule has 2 N–H and O–H groups in total. The molecule has 0 fully saturated rings. The van der Waals surface area contributed by atoms with Crippen molar-refractivity contribution in [1.82, 2.24) is 5.01 Å². The van der Waals surface area contributed by atoms with Crippen molar-refractivity contribution in [3.05, 3.63) is 53.6 Å². The summed E-state index contributed by atoms with van der Waals surface area (Å²) in [4.78, 5) is 0.111. The Morgan fingerprint density at radius 1 is 1.27 bits per heavy atom. The fourth-order valence-electron chi connectivity index (χ4n) is 2.50. The maximum Gasteiger partial charge on any atom is 0.285 e. The van der Waals surface area contributed by atoms with Gasteiger partial charge in [-0.1, -0.05) is 12.1 Å². The van der Waals surface area contributed by atoms with E-state index in [-0.39, 0.29) is 35.4 Å². The molecule has 9 heteroatoms. The van der Waals surface area contributed by atoms with Crippen LogP contribution in [-0.4, -0.2) is 56.0 Å². The monoisotopic (exact) mass is 375 g/mol. The number of aromatic hydroxyl groups is 1. The molecule has 3 rings (SSSR count). The fourth-order valence-corrected chi connectivity index (χ4v) is 3.70. The number of phenols is 1. The molecule has 1 aliphatic heterocycles. The highest BCUT2D eigenvalue weighted by molar-refractivity contribution is 7.90. The van der Waals surface area contributed by atoms with E-state index in [4.69, 9.17) is 4.74 Å². The number of fused-ring (bicyclic) bond motifs is 1. The van der Waals surface area contributed by atoms with Gasteiger partial charge in [-0.3, -0.25) is 0 Å². The second-order valence-corrected chi connectivity index (χ2v) is 6.98. The summed E-state index contributed by atoms with van der Waals surface area (Å²) in [6.07, 6.45) is 1.47. The summed E-state index contributed by atoms with van der Waals surface area (Å²) in [6, 6.07) is 11.1. The van der Waals surface area contributed by atoms with E-state index in [0.717, 1.165) is 0 Å². The van der Waals surface area contributed by atoms with Crippen LogP contribution in [0.3, 0.4) is 0 Å². The van der Waals surface area contributed by atoms with Gasteiger partial charge in [-0.15, -0.1) is 4.40 Å². The third-order valence-electron chi connectivity index (χ3n) is 3.72. The van der Waals surface area contributed by atoms with Gasteiger partial charge in [0.15, 0.2) is 17.3 Å². The lowest BCUT2D eigenvalue weighted by atomic mass is 10.2. The summed E-state index contributed by atoms with van der Waals surface area (Å²) in [7, 11) is -2.35. The first kappa shape index (κ1) is 17.9. The minimum absolute atomic E-state index is 0.00273. The second-order valence-electron chi connectivity index (χ2n) is 5.41.